The molecule has 0 bridgehead atoms. The number of rotatable bonds is 4. The molecule has 1 fully saturated rings. The van der Waals surface area contributed by atoms with Crippen LogP contribution in [-0.2, 0) is 17.4 Å². The van der Waals surface area contributed by atoms with E-state index in [1.165, 1.54) is 6.07 Å². The Morgan fingerprint density at radius 3 is 2.55 bits per heavy atom. The first-order valence-electron chi connectivity index (χ1n) is 10.2. The van der Waals surface area contributed by atoms with Crippen LogP contribution in [0.4, 0.5) is 13.2 Å². The second kappa shape index (κ2) is 8.24. The molecule has 31 heavy (non-hydrogen) atoms. The molecule has 1 aromatic heterocycles. The number of hydrogen-bond acceptors (Lipinski definition) is 3. The topological polar surface area (TPSA) is 47.4 Å². The number of imidazole rings is 1. The molecule has 0 N–H and O–H groups in total. The molecule has 0 unspecified atom stereocenters. The van der Waals surface area contributed by atoms with E-state index in [-0.39, 0.29) is 11.9 Å². The average Bonchev–Trinajstić information content (AvgIpc) is 3.17. The van der Waals surface area contributed by atoms with Crippen molar-refractivity contribution in [3.8, 4) is 5.75 Å². The number of hydrogen-bond donors (Lipinski definition) is 0. The summed E-state index contributed by atoms with van der Waals surface area (Å²) in [5, 5.41) is 0. The van der Waals surface area contributed by atoms with Crippen molar-refractivity contribution in [2.75, 3.05) is 20.2 Å². The number of carbonyl (C=O) groups is 1. The predicted octanol–water partition coefficient (Wildman–Crippen LogP) is 4.78. The van der Waals surface area contributed by atoms with Crippen LogP contribution in [0.1, 0.15) is 35.6 Å². The fourth-order valence-electron chi connectivity index (χ4n) is 4.23. The van der Waals surface area contributed by atoms with Crippen molar-refractivity contribution in [1.29, 1.82) is 0 Å². The number of aromatic nitrogens is 2. The molecule has 0 atom stereocenters. The van der Waals surface area contributed by atoms with Crippen LogP contribution in [0.25, 0.3) is 11.0 Å². The summed E-state index contributed by atoms with van der Waals surface area (Å²) >= 11 is 0. The molecule has 0 aliphatic carbocycles. The third-order valence-electron chi connectivity index (χ3n) is 5.93. The minimum Gasteiger partial charge on any atom is -0.496 e. The molecule has 4 rings (SSSR count). The van der Waals surface area contributed by atoms with Crippen molar-refractivity contribution < 1.29 is 22.7 Å². The van der Waals surface area contributed by atoms with Crippen LogP contribution in [-0.4, -0.2) is 40.6 Å². The molecule has 1 aliphatic rings. The average molecular weight is 431 g/mol. The Morgan fingerprint density at radius 1 is 1.16 bits per heavy atom. The number of amides is 1. The maximum atomic E-state index is 12.9. The number of carbonyl (C=O) groups excluding carboxylic acids is 1. The van der Waals surface area contributed by atoms with Crippen LogP contribution in [0.3, 0.4) is 0 Å². The minimum absolute atomic E-state index is 0.0772. The molecule has 0 saturated carbocycles. The van der Waals surface area contributed by atoms with Crippen molar-refractivity contribution in [1.82, 2.24) is 14.5 Å². The number of methoxy groups -OCH3 is 1. The lowest BCUT2D eigenvalue weighted by atomic mass is 10.0. The zero-order chi connectivity index (χ0) is 22.2. The zero-order valence-corrected chi connectivity index (χ0v) is 17.4. The molecule has 2 aromatic carbocycles. The van der Waals surface area contributed by atoms with Crippen molar-refractivity contribution in [3.05, 3.63) is 59.4 Å². The van der Waals surface area contributed by atoms with E-state index in [4.69, 9.17) is 4.74 Å². The van der Waals surface area contributed by atoms with Crippen molar-refractivity contribution in [2.45, 2.75) is 38.4 Å². The third kappa shape index (κ3) is 4.38. The Morgan fingerprint density at radius 2 is 1.90 bits per heavy atom. The number of aryl methyl sites for hydroxylation is 1. The summed E-state index contributed by atoms with van der Waals surface area (Å²) in [6.07, 6.45) is -0.970. The molecule has 1 saturated heterocycles. The molecule has 0 radical (unpaired) electrons. The van der Waals surface area contributed by atoms with E-state index in [1.54, 1.807) is 13.4 Å². The van der Waals surface area contributed by atoms with Gasteiger partial charge in [0.1, 0.15) is 5.75 Å². The quantitative estimate of drug-likeness (QED) is 0.598. The minimum atomic E-state index is -4.38. The molecule has 8 heteroatoms. The highest BCUT2D eigenvalue weighted by Gasteiger charge is 2.31. The number of ether oxygens (including phenoxy) is 1. The van der Waals surface area contributed by atoms with Crippen LogP contribution < -0.4 is 4.74 Å². The molecular weight excluding hydrogens is 407 g/mol. The highest BCUT2D eigenvalue weighted by molar-refractivity contribution is 5.79. The summed E-state index contributed by atoms with van der Waals surface area (Å²) < 4.78 is 46.0. The van der Waals surface area contributed by atoms with Gasteiger partial charge in [0, 0.05) is 19.1 Å². The number of likely N-dealkylation sites (tertiary alicyclic amines) is 1. The predicted molar refractivity (Wildman–Crippen MR) is 111 cm³/mol. The molecular formula is C23H24F3N3O2. The summed E-state index contributed by atoms with van der Waals surface area (Å²) in [5.74, 6) is 0.875. The van der Waals surface area contributed by atoms with E-state index in [1.807, 2.05) is 34.6 Å². The van der Waals surface area contributed by atoms with E-state index in [2.05, 4.69) is 4.98 Å². The second-order valence-electron chi connectivity index (χ2n) is 7.95. The normalized spacial score (nSPS) is 15.5. The molecule has 0 spiro atoms. The number of benzene rings is 2. The molecule has 2 heterocycles. The summed E-state index contributed by atoms with van der Waals surface area (Å²) in [5.41, 5.74) is 2.27. The first-order valence-corrected chi connectivity index (χ1v) is 10.2. The van der Waals surface area contributed by atoms with Crippen molar-refractivity contribution >= 4 is 16.9 Å². The van der Waals surface area contributed by atoms with Gasteiger partial charge in [-0.25, -0.2) is 4.98 Å². The molecule has 3 aromatic rings. The number of alkyl halides is 3. The molecule has 1 amide bonds. The highest BCUT2D eigenvalue weighted by atomic mass is 19.4. The summed E-state index contributed by atoms with van der Waals surface area (Å²) in [6, 6.07) is 9.51. The van der Waals surface area contributed by atoms with Gasteiger partial charge < -0.3 is 14.2 Å². The lowest BCUT2D eigenvalue weighted by Gasteiger charge is -2.33. The Hall–Kier alpha value is -3.03. The van der Waals surface area contributed by atoms with Crippen LogP contribution >= 0.6 is 0 Å². The number of fused-ring (bicyclic) bond motifs is 1. The number of piperidine rings is 1. The Labute approximate surface area is 178 Å². The van der Waals surface area contributed by atoms with E-state index in [9.17, 15) is 18.0 Å². The maximum Gasteiger partial charge on any atom is 0.416 e. The smallest absolute Gasteiger partial charge is 0.416 e. The van der Waals surface area contributed by atoms with E-state index in [0.717, 1.165) is 41.9 Å². The van der Waals surface area contributed by atoms with Crippen LogP contribution in [0, 0.1) is 6.92 Å². The fraction of sp³-hybridized carbons (Fsp3) is 0.391. The lowest BCUT2D eigenvalue weighted by molar-refractivity contribution is -0.137. The number of halogens is 3. The standard InChI is InChI=1S/C23H24F3N3O2/c1-15-11-16(3-6-21(15)31-2)12-22(30)28-9-7-18(8-10-28)29-14-27-19-13-17(23(24,25)26)4-5-20(19)29/h3-6,11,13-14,18H,7-10,12H2,1-2H3. The maximum absolute atomic E-state index is 12.9. The van der Waals surface area contributed by atoms with Gasteiger partial charge in [-0.3, -0.25) is 4.79 Å². The number of nitrogens with zero attached hydrogens (tertiary/aromatic N) is 3. The van der Waals surface area contributed by atoms with Crippen LogP contribution in [0.5, 0.6) is 5.75 Å². The van der Waals surface area contributed by atoms with Gasteiger partial charge in [0.25, 0.3) is 0 Å². The van der Waals surface area contributed by atoms with Gasteiger partial charge in [-0.05, 0) is 55.2 Å². The molecule has 1 aliphatic heterocycles. The zero-order valence-electron chi connectivity index (χ0n) is 17.4. The van der Waals surface area contributed by atoms with Gasteiger partial charge >= 0.3 is 6.18 Å². The third-order valence-corrected chi connectivity index (χ3v) is 5.93. The largest absolute Gasteiger partial charge is 0.496 e. The summed E-state index contributed by atoms with van der Waals surface area (Å²) in [4.78, 5) is 18.8. The van der Waals surface area contributed by atoms with Gasteiger partial charge in [0.2, 0.25) is 5.91 Å². The lowest BCUT2D eigenvalue weighted by Crippen LogP contribution is -2.39. The van der Waals surface area contributed by atoms with E-state index < -0.39 is 11.7 Å². The van der Waals surface area contributed by atoms with Gasteiger partial charge in [-0.2, -0.15) is 13.2 Å². The van der Waals surface area contributed by atoms with E-state index >= 15 is 0 Å². The first-order chi connectivity index (χ1) is 14.8. The Bertz CT molecular complexity index is 1100. The van der Waals surface area contributed by atoms with Crippen LogP contribution in [0.15, 0.2) is 42.7 Å². The monoisotopic (exact) mass is 431 g/mol. The summed E-state index contributed by atoms with van der Waals surface area (Å²) in [7, 11) is 1.62. The van der Waals surface area contributed by atoms with Gasteiger partial charge in [-0.15, -0.1) is 0 Å². The van der Waals surface area contributed by atoms with Gasteiger partial charge in [-0.1, -0.05) is 12.1 Å². The Balaban J connectivity index is 1.40. The van der Waals surface area contributed by atoms with Crippen molar-refractivity contribution in [2.24, 2.45) is 0 Å². The SMILES string of the molecule is COc1ccc(CC(=O)N2CCC(n3cnc4cc(C(F)(F)F)ccc43)CC2)cc1C. The van der Waals surface area contributed by atoms with Crippen molar-refractivity contribution in [3.63, 3.8) is 0 Å². The molecule has 164 valence electrons. The summed E-state index contributed by atoms with van der Waals surface area (Å²) in [6.45, 7) is 3.17. The van der Waals surface area contributed by atoms with Gasteiger partial charge in [0.15, 0.2) is 0 Å². The molecule has 5 nitrogen and oxygen atoms in total. The van der Waals surface area contributed by atoms with E-state index in [0.29, 0.717) is 30.5 Å². The first kappa shape index (κ1) is 21.2. The fourth-order valence-corrected chi connectivity index (χ4v) is 4.23. The van der Waals surface area contributed by atoms with Gasteiger partial charge in [0.05, 0.1) is 36.5 Å². The Kier molecular flexibility index (Phi) is 5.64. The highest BCUT2D eigenvalue weighted by Crippen LogP contribution is 2.33. The second-order valence-corrected chi connectivity index (χ2v) is 7.95. The van der Waals surface area contributed by atoms with Crippen LogP contribution in [0.2, 0.25) is 0 Å².